The molecule has 3 rings (SSSR count). The minimum absolute atomic E-state index is 0.0190. The molecule has 0 spiro atoms. The highest BCUT2D eigenvalue weighted by Crippen LogP contribution is 2.24. The molecular weight excluding hydrogens is 382 g/mol. The summed E-state index contributed by atoms with van der Waals surface area (Å²) in [7, 11) is -2.21. The first-order valence-corrected chi connectivity index (χ1v) is 10.5. The number of carbonyl (C=O) groups excluding carboxylic acids is 1. The van der Waals surface area contributed by atoms with Gasteiger partial charge in [0.25, 0.3) is 10.0 Å². The largest absolute Gasteiger partial charge is 0.326 e. The van der Waals surface area contributed by atoms with Gasteiger partial charge in [-0.05, 0) is 37.2 Å². The summed E-state index contributed by atoms with van der Waals surface area (Å²) in [6.45, 7) is 1.62. The van der Waals surface area contributed by atoms with Gasteiger partial charge in [0.1, 0.15) is 5.01 Å². The molecule has 0 aliphatic heterocycles. The van der Waals surface area contributed by atoms with Crippen LogP contribution in [0.2, 0.25) is 0 Å². The number of hydrogen-bond acceptors (Lipinski definition) is 5. The number of sulfonamides is 1. The van der Waals surface area contributed by atoms with Gasteiger partial charge in [-0.1, -0.05) is 42.5 Å². The zero-order valence-electron chi connectivity index (χ0n) is 14.9. The number of carbonyl (C=O) groups is 1. The zero-order valence-corrected chi connectivity index (χ0v) is 16.5. The molecule has 0 radical (unpaired) electrons. The minimum atomic E-state index is -3.56. The first-order chi connectivity index (χ1) is 12.9. The van der Waals surface area contributed by atoms with Gasteiger partial charge in [0.2, 0.25) is 5.91 Å². The van der Waals surface area contributed by atoms with Crippen LogP contribution in [-0.4, -0.2) is 26.4 Å². The van der Waals surface area contributed by atoms with Gasteiger partial charge in [0.05, 0.1) is 12.1 Å². The number of amides is 1. The highest BCUT2D eigenvalue weighted by atomic mass is 32.2. The zero-order chi connectivity index (χ0) is 19.4. The van der Waals surface area contributed by atoms with Crippen LogP contribution in [0.25, 0.3) is 11.1 Å². The monoisotopic (exact) mass is 401 g/mol. The standard InChI is InChI=1S/C19H19N3O3S2/c1-13-19(27(24,25)20-2)26-18(21-13)12-17(23)22-16-10-8-15(9-11-16)14-6-4-3-5-7-14/h3-11,20H,12H2,1-2H3,(H,22,23). The maximum Gasteiger partial charge on any atom is 0.251 e. The molecular formula is C19H19N3O3S2. The summed E-state index contributed by atoms with van der Waals surface area (Å²) in [6, 6.07) is 17.5. The average Bonchev–Trinajstić information content (AvgIpc) is 3.04. The molecule has 27 heavy (non-hydrogen) atoms. The normalized spacial score (nSPS) is 11.3. The van der Waals surface area contributed by atoms with Crippen LogP contribution in [0.1, 0.15) is 10.7 Å². The summed E-state index contributed by atoms with van der Waals surface area (Å²) in [5, 5.41) is 3.27. The fourth-order valence-corrected chi connectivity index (χ4v) is 4.96. The van der Waals surface area contributed by atoms with Crippen LogP contribution in [0, 0.1) is 6.92 Å². The number of anilines is 1. The summed E-state index contributed by atoms with van der Waals surface area (Å²) in [5.74, 6) is -0.246. The number of aromatic nitrogens is 1. The van der Waals surface area contributed by atoms with Crippen molar-refractivity contribution in [1.82, 2.24) is 9.71 Å². The number of nitrogens with zero attached hydrogens (tertiary/aromatic N) is 1. The number of nitrogens with one attached hydrogen (secondary N) is 2. The highest BCUT2D eigenvalue weighted by molar-refractivity contribution is 7.91. The van der Waals surface area contributed by atoms with E-state index in [1.54, 1.807) is 6.92 Å². The Kier molecular flexibility index (Phi) is 5.69. The molecule has 0 unspecified atom stereocenters. The molecule has 6 nitrogen and oxygen atoms in total. The molecule has 140 valence electrons. The second kappa shape index (κ2) is 7.99. The minimum Gasteiger partial charge on any atom is -0.326 e. The molecule has 0 saturated carbocycles. The molecule has 0 fully saturated rings. The fourth-order valence-electron chi connectivity index (χ4n) is 2.57. The Morgan fingerprint density at radius 2 is 1.67 bits per heavy atom. The second-order valence-corrected chi connectivity index (χ2v) is 9.02. The molecule has 2 N–H and O–H groups in total. The Balaban J connectivity index is 1.67. The van der Waals surface area contributed by atoms with E-state index < -0.39 is 10.0 Å². The van der Waals surface area contributed by atoms with Gasteiger partial charge in [-0.2, -0.15) is 0 Å². The summed E-state index contributed by atoms with van der Waals surface area (Å²) < 4.78 is 26.2. The predicted molar refractivity (Wildman–Crippen MR) is 107 cm³/mol. The van der Waals surface area contributed by atoms with Crippen LogP contribution in [0.15, 0.2) is 58.8 Å². The Morgan fingerprint density at radius 3 is 2.30 bits per heavy atom. The Labute approximate surface area is 162 Å². The first kappa shape index (κ1) is 19.2. The SMILES string of the molecule is CNS(=O)(=O)c1sc(CC(=O)Nc2ccc(-c3ccccc3)cc2)nc1C. The number of thiazole rings is 1. The Hall–Kier alpha value is -2.55. The van der Waals surface area contributed by atoms with Crippen LogP contribution in [0.3, 0.4) is 0 Å². The maximum atomic E-state index is 12.3. The first-order valence-electron chi connectivity index (χ1n) is 8.24. The van der Waals surface area contributed by atoms with Crippen molar-refractivity contribution in [3.8, 4) is 11.1 Å². The lowest BCUT2D eigenvalue weighted by molar-refractivity contribution is -0.115. The van der Waals surface area contributed by atoms with E-state index in [-0.39, 0.29) is 16.5 Å². The quantitative estimate of drug-likeness (QED) is 0.664. The van der Waals surface area contributed by atoms with E-state index >= 15 is 0 Å². The summed E-state index contributed by atoms with van der Waals surface area (Å²) in [6.07, 6.45) is 0.0190. The number of benzene rings is 2. The predicted octanol–water partition coefficient (Wildman–Crippen LogP) is 3.21. The van der Waals surface area contributed by atoms with Crippen LogP contribution >= 0.6 is 11.3 Å². The van der Waals surface area contributed by atoms with Gasteiger partial charge in [-0.15, -0.1) is 11.3 Å². The number of aryl methyl sites for hydroxylation is 1. The average molecular weight is 402 g/mol. The summed E-state index contributed by atoms with van der Waals surface area (Å²) in [4.78, 5) is 16.5. The van der Waals surface area contributed by atoms with Crippen LogP contribution < -0.4 is 10.0 Å². The summed E-state index contributed by atoms with van der Waals surface area (Å²) >= 11 is 1.01. The van der Waals surface area contributed by atoms with E-state index in [1.165, 1.54) is 7.05 Å². The van der Waals surface area contributed by atoms with Crippen molar-refractivity contribution < 1.29 is 13.2 Å². The molecule has 0 atom stereocenters. The molecule has 3 aromatic rings. The van der Waals surface area contributed by atoms with E-state index in [2.05, 4.69) is 15.0 Å². The lowest BCUT2D eigenvalue weighted by Gasteiger charge is -2.06. The molecule has 1 heterocycles. The maximum absolute atomic E-state index is 12.3. The van der Waals surface area contributed by atoms with Crippen LogP contribution in [-0.2, 0) is 21.2 Å². The van der Waals surface area contributed by atoms with Crippen molar-refractivity contribution in [3.63, 3.8) is 0 Å². The van der Waals surface area contributed by atoms with Crippen molar-refractivity contribution in [1.29, 1.82) is 0 Å². The number of hydrogen-bond donors (Lipinski definition) is 2. The molecule has 1 amide bonds. The van der Waals surface area contributed by atoms with Gasteiger partial charge >= 0.3 is 0 Å². The molecule has 0 aliphatic carbocycles. The molecule has 0 aliphatic rings. The van der Waals surface area contributed by atoms with Crippen molar-refractivity contribution in [3.05, 3.63) is 65.3 Å². The van der Waals surface area contributed by atoms with Crippen LogP contribution in [0.5, 0.6) is 0 Å². The smallest absolute Gasteiger partial charge is 0.251 e. The van der Waals surface area contributed by atoms with Crippen molar-refractivity contribution in [2.45, 2.75) is 17.6 Å². The fraction of sp³-hybridized carbons (Fsp3) is 0.158. The molecule has 8 heteroatoms. The van der Waals surface area contributed by atoms with Gasteiger partial charge in [0.15, 0.2) is 4.21 Å². The van der Waals surface area contributed by atoms with Crippen molar-refractivity contribution >= 4 is 33.0 Å². The Bertz CT molecular complexity index is 1040. The molecule has 0 bridgehead atoms. The van der Waals surface area contributed by atoms with E-state index in [1.807, 2.05) is 54.6 Å². The molecule has 1 aromatic heterocycles. The van der Waals surface area contributed by atoms with Crippen molar-refractivity contribution in [2.75, 3.05) is 12.4 Å². The lowest BCUT2D eigenvalue weighted by Crippen LogP contribution is -2.18. The van der Waals surface area contributed by atoms with E-state index in [9.17, 15) is 13.2 Å². The number of rotatable bonds is 6. The van der Waals surface area contributed by atoms with Crippen LogP contribution in [0.4, 0.5) is 5.69 Å². The van der Waals surface area contributed by atoms with Gasteiger partial charge < -0.3 is 5.32 Å². The van der Waals surface area contributed by atoms with E-state index in [0.717, 1.165) is 22.5 Å². The summed E-state index contributed by atoms with van der Waals surface area (Å²) in [5.41, 5.74) is 3.23. The Morgan fingerprint density at radius 1 is 1.04 bits per heavy atom. The third-order valence-electron chi connectivity index (χ3n) is 3.90. The van der Waals surface area contributed by atoms with Gasteiger partial charge in [-0.25, -0.2) is 18.1 Å². The highest BCUT2D eigenvalue weighted by Gasteiger charge is 2.21. The van der Waals surface area contributed by atoms with Gasteiger partial charge in [0, 0.05) is 5.69 Å². The van der Waals surface area contributed by atoms with E-state index in [0.29, 0.717) is 16.4 Å². The molecule has 0 saturated heterocycles. The third kappa shape index (κ3) is 4.60. The second-order valence-electron chi connectivity index (χ2n) is 5.86. The van der Waals surface area contributed by atoms with Crippen molar-refractivity contribution in [2.24, 2.45) is 0 Å². The topological polar surface area (TPSA) is 88.2 Å². The van der Waals surface area contributed by atoms with Gasteiger partial charge in [-0.3, -0.25) is 4.79 Å². The van der Waals surface area contributed by atoms with E-state index in [4.69, 9.17) is 0 Å². The molecule has 2 aromatic carbocycles. The lowest BCUT2D eigenvalue weighted by atomic mass is 10.1. The third-order valence-corrected chi connectivity index (χ3v) is 7.08.